The van der Waals surface area contributed by atoms with Crippen molar-refractivity contribution in [1.29, 1.82) is 0 Å². The zero-order valence-corrected chi connectivity index (χ0v) is 15.2. The van der Waals surface area contributed by atoms with E-state index in [-0.39, 0.29) is 0 Å². The van der Waals surface area contributed by atoms with Crippen LogP contribution < -0.4 is 0 Å². The minimum absolute atomic E-state index is 0.581. The molecule has 0 fully saturated rings. The molecule has 2 aromatic heterocycles. The van der Waals surface area contributed by atoms with Gasteiger partial charge in [-0.2, -0.15) is 0 Å². The Labute approximate surface area is 161 Å². The molecule has 0 aliphatic rings. The number of aromatic nitrogens is 4. The van der Waals surface area contributed by atoms with E-state index in [1.54, 1.807) is 0 Å². The maximum Gasteiger partial charge on any atom is 0.227 e. The standard InChI is InChI=1S/C23H16N4O/c1-15-24-21(16-8-3-2-4-9-16)27-22(25-15)17-10-7-11-18(14-17)23-26-19-12-5-6-13-20(19)28-23/h2-14H,1H3. The first-order valence-electron chi connectivity index (χ1n) is 9.01. The van der Waals surface area contributed by atoms with E-state index in [1.807, 2.05) is 85.8 Å². The number of aryl methyl sites for hydroxylation is 1. The van der Waals surface area contributed by atoms with Crippen LogP contribution in [0.3, 0.4) is 0 Å². The zero-order chi connectivity index (χ0) is 18.9. The zero-order valence-electron chi connectivity index (χ0n) is 15.2. The van der Waals surface area contributed by atoms with E-state index in [0.717, 1.165) is 27.8 Å². The Hall–Kier alpha value is -3.86. The molecule has 3 aromatic carbocycles. The molecule has 0 amide bonds. The summed E-state index contributed by atoms with van der Waals surface area (Å²) in [6.07, 6.45) is 0. The molecule has 0 aliphatic carbocycles. The van der Waals surface area contributed by atoms with Gasteiger partial charge >= 0.3 is 0 Å². The van der Waals surface area contributed by atoms with Crippen molar-refractivity contribution in [2.75, 3.05) is 0 Å². The lowest BCUT2D eigenvalue weighted by atomic mass is 10.1. The Balaban J connectivity index is 1.59. The van der Waals surface area contributed by atoms with Gasteiger partial charge in [0, 0.05) is 16.7 Å². The molecule has 0 unspecified atom stereocenters. The van der Waals surface area contributed by atoms with Crippen LogP contribution in [0.15, 0.2) is 83.3 Å². The van der Waals surface area contributed by atoms with Crippen molar-refractivity contribution in [3.63, 3.8) is 0 Å². The molecule has 0 atom stereocenters. The first kappa shape index (κ1) is 16.3. The second-order valence-corrected chi connectivity index (χ2v) is 6.46. The van der Waals surface area contributed by atoms with Gasteiger partial charge in [0.2, 0.25) is 5.89 Å². The molecule has 2 heterocycles. The molecule has 0 radical (unpaired) electrons. The van der Waals surface area contributed by atoms with Crippen molar-refractivity contribution in [3.05, 3.63) is 84.7 Å². The molecular formula is C23H16N4O. The van der Waals surface area contributed by atoms with Crippen molar-refractivity contribution in [2.24, 2.45) is 0 Å². The van der Waals surface area contributed by atoms with Gasteiger partial charge in [0.25, 0.3) is 0 Å². The van der Waals surface area contributed by atoms with Gasteiger partial charge in [0.05, 0.1) is 0 Å². The van der Waals surface area contributed by atoms with Crippen molar-refractivity contribution < 1.29 is 4.42 Å². The molecule has 0 N–H and O–H groups in total. The van der Waals surface area contributed by atoms with E-state index in [1.165, 1.54) is 0 Å². The Kier molecular flexibility index (Phi) is 3.91. The quantitative estimate of drug-likeness (QED) is 0.433. The molecule has 0 saturated heterocycles. The maximum atomic E-state index is 5.90. The first-order chi connectivity index (χ1) is 13.8. The molecule has 28 heavy (non-hydrogen) atoms. The van der Waals surface area contributed by atoms with E-state index in [0.29, 0.717) is 23.4 Å². The second-order valence-electron chi connectivity index (χ2n) is 6.46. The van der Waals surface area contributed by atoms with Gasteiger partial charge in [-0.3, -0.25) is 0 Å². The summed E-state index contributed by atoms with van der Waals surface area (Å²) < 4.78 is 5.90. The van der Waals surface area contributed by atoms with Crippen LogP contribution in [-0.2, 0) is 0 Å². The third-order valence-electron chi connectivity index (χ3n) is 4.44. The van der Waals surface area contributed by atoms with Crippen LogP contribution in [0.4, 0.5) is 0 Å². The molecule has 5 rings (SSSR count). The lowest BCUT2D eigenvalue weighted by Gasteiger charge is -2.06. The summed E-state index contributed by atoms with van der Waals surface area (Å²) in [5, 5.41) is 0. The van der Waals surface area contributed by atoms with Crippen molar-refractivity contribution >= 4 is 11.1 Å². The number of hydrogen-bond acceptors (Lipinski definition) is 5. The van der Waals surface area contributed by atoms with Gasteiger partial charge in [-0.25, -0.2) is 19.9 Å². The molecule has 0 bridgehead atoms. The fourth-order valence-electron chi connectivity index (χ4n) is 3.11. The fourth-order valence-corrected chi connectivity index (χ4v) is 3.11. The Bertz CT molecular complexity index is 1250. The van der Waals surface area contributed by atoms with Crippen LogP contribution in [0.25, 0.3) is 45.3 Å². The molecule has 0 aliphatic heterocycles. The number of benzene rings is 3. The van der Waals surface area contributed by atoms with Crippen LogP contribution in [0.2, 0.25) is 0 Å². The number of hydrogen-bond donors (Lipinski definition) is 0. The first-order valence-corrected chi connectivity index (χ1v) is 9.01. The third kappa shape index (κ3) is 3.03. The normalized spacial score (nSPS) is 11.0. The average Bonchev–Trinajstić information content (AvgIpc) is 3.18. The SMILES string of the molecule is Cc1nc(-c2ccccc2)nc(-c2cccc(-c3nc4ccccc4o3)c2)n1. The summed E-state index contributed by atoms with van der Waals surface area (Å²) in [6.45, 7) is 1.88. The topological polar surface area (TPSA) is 64.7 Å². The van der Waals surface area contributed by atoms with E-state index in [4.69, 9.17) is 4.42 Å². The lowest BCUT2D eigenvalue weighted by Crippen LogP contribution is -1.99. The van der Waals surface area contributed by atoms with Crippen LogP contribution in [0.1, 0.15) is 5.82 Å². The number of para-hydroxylation sites is 2. The maximum absolute atomic E-state index is 5.90. The van der Waals surface area contributed by atoms with Crippen LogP contribution >= 0.6 is 0 Å². The van der Waals surface area contributed by atoms with Gasteiger partial charge < -0.3 is 4.42 Å². The largest absolute Gasteiger partial charge is 0.436 e. The molecule has 5 heteroatoms. The van der Waals surface area contributed by atoms with Crippen molar-refractivity contribution in [2.45, 2.75) is 6.92 Å². The summed E-state index contributed by atoms with van der Waals surface area (Å²) in [5.41, 5.74) is 4.34. The van der Waals surface area contributed by atoms with Crippen molar-refractivity contribution in [1.82, 2.24) is 19.9 Å². The van der Waals surface area contributed by atoms with Crippen LogP contribution in [0, 0.1) is 6.92 Å². The highest BCUT2D eigenvalue weighted by atomic mass is 16.3. The molecule has 5 nitrogen and oxygen atoms in total. The number of rotatable bonds is 3. The molecular weight excluding hydrogens is 348 g/mol. The van der Waals surface area contributed by atoms with Gasteiger partial charge in [0.1, 0.15) is 11.3 Å². The summed E-state index contributed by atoms with van der Waals surface area (Å²) in [6, 6.07) is 25.6. The highest BCUT2D eigenvalue weighted by Gasteiger charge is 2.12. The van der Waals surface area contributed by atoms with Gasteiger partial charge in [-0.05, 0) is 31.2 Å². The Morgan fingerprint density at radius 1 is 0.607 bits per heavy atom. The monoisotopic (exact) mass is 364 g/mol. The second kappa shape index (κ2) is 6.70. The van der Waals surface area contributed by atoms with Gasteiger partial charge in [-0.15, -0.1) is 0 Å². The van der Waals surface area contributed by atoms with E-state index < -0.39 is 0 Å². The molecule has 5 aromatic rings. The fraction of sp³-hybridized carbons (Fsp3) is 0.0435. The number of nitrogens with zero attached hydrogens (tertiary/aromatic N) is 4. The predicted molar refractivity (Wildman–Crippen MR) is 108 cm³/mol. The minimum atomic E-state index is 0.581. The molecule has 134 valence electrons. The molecule has 0 spiro atoms. The van der Waals surface area contributed by atoms with Crippen LogP contribution in [0.5, 0.6) is 0 Å². The Morgan fingerprint density at radius 2 is 1.29 bits per heavy atom. The summed E-state index contributed by atoms with van der Waals surface area (Å²) in [5.74, 6) is 2.55. The summed E-state index contributed by atoms with van der Waals surface area (Å²) in [4.78, 5) is 18.3. The average molecular weight is 364 g/mol. The number of oxazole rings is 1. The van der Waals surface area contributed by atoms with E-state index >= 15 is 0 Å². The van der Waals surface area contributed by atoms with Crippen LogP contribution in [-0.4, -0.2) is 19.9 Å². The molecule has 0 saturated carbocycles. The summed E-state index contributed by atoms with van der Waals surface area (Å²) >= 11 is 0. The smallest absolute Gasteiger partial charge is 0.227 e. The summed E-state index contributed by atoms with van der Waals surface area (Å²) in [7, 11) is 0. The van der Waals surface area contributed by atoms with E-state index in [2.05, 4.69) is 19.9 Å². The highest BCUT2D eigenvalue weighted by molar-refractivity contribution is 5.77. The predicted octanol–water partition coefficient (Wildman–Crippen LogP) is 5.32. The van der Waals surface area contributed by atoms with E-state index in [9.17, 15) is 0 Å². The third-order valence-corrected chi connectivity index (χ3v) is 4.44. The Morgan fingerprint density at radius 3 is 2.11 bits per heavy atom. The minimum Gasteiger partial charge on any atom is -0.436 e. The van der Waals surface area contributed by atoms with Gasteiger partial charge in [0.15, 0.2) is 17.2 Å². The number of fused-ring (bicyclic) bond motifs is 1. The highest BCUT2D eigenvalue weighted by Crippen LogP contribution is 2.28. The van der Waals surface area contributed by atoms with Crippen molar-refractivity contribution in [3.8, 4) is 34.2 Å². The van der Waals surface area contributed by atoms with Gasteiger partial charge in [-0.1, -0.05) is 54.6 Å². The lowest BCUT2D eigenvalue weighted by molar-refractivity contribution is 0.620.